The fourth-order valence-corrected chi connectivity index (χ4v) is 2.29. The zero-order valence-electron chi connectivity index (χ0n) is 11.4. The number of benzene rings is 1. The third-order valence-electron chi connectivity index (χ3n) is 3.20. The van der Waals surface area contributed by atoms with Gasteiger partial charge in [0, 0.05) is 30.5 Å². The minimum atomic E-state index is 0.551. The van der Waals surface area contributed by atoms with Gasteiger partial charge in [-0.15, -0.1) is 0 Å². The maximum atomic E-state index is 6.12. The van der Waals surface area contributed by atoms with Crippen LogP contribution in [0.5, 0.6) is 0 Å². The average Bonchev–Trinajstić information content (AvgIpc) is 2.77. The highest BCUT2D eigenvalue weighted by molar-refractivity contribution is 6.31. The van der Waals surface area contributed by atoms with Crippen LogP contribution >= 0.6 is 11.6 Å². The topological polar surface area (TPSA) is 29.9 Å². The number of nitrogens with one attached hydrogen (secondary N) is 1. The first-order chi connectivity index (χ1) is 9.16. The van der Waals surface area contributed by atoms with Crippen LogP contribution < -0.4 is 5.32 Å². The molecule has 1 heterocycles. The lowest BCUT2D eigenvalue weighted by Gasteiger charge is -2.14. The highest BCUT2D eigenvalue weighted by Gasteiger charge is 2.05. The smallest absolute Gasteiger partial charge is 0.105 e. The lowest BCUT2D eigenvalue weighted by atomic mass is 10.1. The molecule has 0 bridgehead atoms. The minimum Gasteiger partial charge on any atom is -0.335 e. The molecule has 0 aliphatic carbocycles. The van der Waals surface area contributed by atoms with Gasteiger partial charge in [-0.3, -0.25) is 0 Å². The molecule has 2 aromatic rings. The third-order valence-corrected chi connectivity index (χ3v) is 3.57. The molecule has 1 N–H and O–H groups in total. The van der Waals surface area contributed by atoms with Gasteiger partial charge in [0.2, 0.25) is 0 Å². The molecule has 0 aliphatic rings. The molecule has 0 saturated heterocycles. The second-order valence-electron chi connectivity index (χ2n) is 4.95. The molecule has 0 radical (unpaired) electrons. The summed E-state index contributed by atoms with van der Waals surface area (Å²) in [5.41, 5.74) is 1.15. The molecule has 0 spiro atoms. The van der Waals surface area contributed by atoms with Gasteiger partial charge >= 0.3 is 0 Å². The fraction of sp³-hybridized carbons (Fsp3) is 0.400. The number of rotatable bonds is 6. The van der Waals surface area contributed by atoms with Gasteiger partial charge in [-0.25, -0.2) is 4.98 Å². The van der Waals surface area contributed by atoms with Crippen LogP contribution in [0, 0.1) is 12.8 Å². The number of nitrogens with zero attached hydrogens (tertiary/aromatic N) is 2. The molecule has 1 aromatic carbocycles. The second-order valence-corrected chi connectivity index (χ2v) is 5.36. The Kier molecular flexibility index (Phi) is 5.00. The summed E-state index contributed by atoms with van der Waals surface area (Å²) in [6.07, 6.45) is 3.87. The average molecular weight is 278 g/mol. The molecule has 1 aromatic heterocycles. The monoisotopic (exact) mass is 277 g/mol. The summed E-state index contributed by atoms with van der Waals surface area (Å²) in [6.45, 7) is 7.03. The summed E-state index contributed by atoms with van der Waals surface area (Å²) in [4.78, 5) is 4.23. The molecule has 102 valence electrons. The predicted octanol–water partition coefficient (Wildman–Crippen LogP) is 3.27. The summed E-state index contributed by atoms with van der Waals surface area (Å²) in [5, 5.41) is 4.28. The van der Waals surface area contributed by atoms with Crippen molar-refractivity contribution in [3.8, 4) is 0 Å². The van der Waals surface area contributed by atoms with Crippen LogP contribution in [0.15, 0.2) is 36.7 Å². The van der Waals surface area contributed by atoms with E-state index in [-0.39, 0.29) is 0 Å². The highest BCUT2D eigenvalue weighted by Crippen LogP contribution is 2.14. The van der Waals surface area contributed by atoms with Gasteiger partial charge in [-0.2, -0.15) is 0 Å². The van der Waals surface area contributed by atoms with E-state index in [9.17, 15) is 0 Å². The SMILES string of the molecule is Cc1nccn1CC(C)CNCc1ccccc1Cl. The van der Waals surface area contributed by atoms with E-state index in [1.807, 2.05) is 37.5 Å². The zero-order valence-corrected chi connectivity index (χ0v) is 12.2. The van der Waals surface area contributed by atoms with Crippen molar-refractivity contribution in [2.75, 3.05) is 6.54 Å². The van der Waals surface area contributed by atoms with E-state index >= 15 is 0 Å². The molecular formula is C15H20ClN3. The predicted molar refractivity (Wildman–Crippen MR) is 79.3 cm³/mol. The first-order valence-corrected chi connectivity index (χ1v) is 6.96. The van der Waals surface area contributed by atoms with E-state index in [0.717, 1.165) is 36.0 Å². The number of aromatic nitrogens is 2. The van der Waals surface area contributed by atoms with E-state index in [2.05, 4.69) is 27.9 Å². The highest BCUT2D eigenvalue weighted by atomic mass is 35.5. The molecule has 3 nitrogen and oxygen atoms in total. The van der Waals surface area contributed by atoms with Crippen molar-refractivity contribution in [1.82, 2.24) is 14.9 Å². The summed E-state index contributed by atoms with van der Waals surface area (Å²) >= 11 is 6.12. The lowest BCUT2D eigenvalue weighted by Crippen LogP contribution is -2.24. The van der Waals surface area contributed by atoms with Gasteiger partial charge in [0.05, 0.1) is 0 Å². The van der Waals surface area contributed by atoms with Gasteiger partial charge in [-0.05, 0) is 31.0 Å². The maximum Gasteiger partial charge on any atom is 0.105 e. The van der Waals surface area contributed by atoms with Gasteiger partial charge in [0.1, 0.15) is 5.82 Å². The second kappa shape index (κ2) is 6.73. The molecule has 1 atom stereocenters. The molecule has 0 aliphatic heterocycles. The third kappa shape index (κ3) is 4.08. The van der Waals surface area contributed by atoms with E-state index in [1.54, 1.807) is 0 Å². The number of aryl methyl sites for hydroxylation is 1. The summed E-state index contributed by atoms with van der Waals surface area (Å²) in [7, 11) is 0. The summed E-state index contributed by atoms with van der Waals surface area (Å²) in [5.74, 6) is 1.62. The standard InChI is InChI=1S/C15H20ClN3/c1-12(11-19-8-7-18-13(19)2)9-17-10-14-5-3-4-6-15(14)16/h3-8,12,17H,9-11H2,1-2H3. The van der Waals surface area contributed by atoms with Crippen LogP contribution in [-0.2, 0) is 13.1 Å². The van der Waals surface area contributed by atoms with Crippen molar-refractivity contribution >= 4 is 11.6 Å². The quantitative estimate of drug-likeness (QED) is 0.878. The van der Waals surface area contributed by atoms with Crippen molar-refractivity contribution in [1.29, 1.82) is 0 Å². The zero-order chi connectivity index (χ0) is 13.7. The summed E-state index contributed by atoms with van der Waals surface area (Å²) < 4.78 is 2.18. The Morgan fingerprint density at radius 3 is 2.84 bits per heavy atom. The Morgan fingerprint density at radius 2 is 2.16 bits per heavy atom. The Hall–Kier alpha value is -1.32. The molecule has 0 amide bonds. The van der Waals surface area contributed by atoms with Crippen LogP contribution in [0.25, 0.3) is 0 Å². The van der Waals surface area contributed by atoms with E-state index in [1.165, 1.54) is 0 Å². The van der Waals surface area contributed by atoms with Crippen LogP contribution in [-0.4, -0.2) is 16.1 Å². The molecule has 4 heteroatoms. The lowest BCUT2D eigenvalue weighted by molar-refractivity contribution is 0.440. The molecular weight excluding hydrogens is 258 g/mol. The first kappa shape index (κ1) is 14.1. The van der Waals surface area contributed by atoms with Crippen LogP contribution in [0.4, 0.5) is 0 Å². The van der Waals surface area contributed by atoms with Gasteiger partial charge in [0.15, 0.2) is 0 Å². The van der Waals surface area contributed by atoms with Crippen molar-refractivity contribution in [2.45, 2.75) is 26.9 Å². The van der Waals surface area contributed by atoms with Crippen molar-refractivity contribution in [3.63, 3.8) is 0 Å². The molecule has 1 unspecified atom stereocenters. The Bertz CT molecular complexity index is 522. The van der Waals surface area contributed by atoms with Gasteiger partial charge < -0.3 is 9.88 Å². The maximum absolute atomic E-state index is 6.12. The van der Waals surface area contributed by atoms with E-state index < -0.39 is 0 Å². The van der Waals surface area contributed by atoms with Crippen LogP contribution in [0.3, 0.4) is 0 Å². The fourth-order valence-electron chi connectivity index (χ4n) is 2.09. The normalized spacial score (nSPS) is 12.6. The van der Waals surface area contributed by atoms with Gasteiger partial charge in [0.25, 0.3) is 0 Å². The number of hydrogen-bond acceptors (Lipinski definition) is 2. The van der Waals surface area contributed by atoms with Crippen molar-refractivity contribution in [2.24, 2.45) is 5.92 Å². The minimum absolute atomic E-state index is 0.551. The Morgan fingerprint density at radius 1 is 1.37 bits per heavy atom. The summed E-state index contributed by atoms with van der Waals surface area (Å²) in [6, 6.07) is 7.95. The van der Waals surface area contributed by atoms with Crippen LogP contribution in [0.1, 0.15) is 18.3 Å². The van der Waals surface area contributed by atoms with Crippen molar-refractivity contribution < 1.29 is 0 Å². The van der Waals surface area contributed by atoms with Crippen molar-refractivity contribution in [3.05, 3.63) is 53.1 Å². The number of imidazole rings is 1. The van der Waals surface area contributed by atoms with E-state index in [4.69, 9.17) is 11.6 Å². The largest absolute Gasteiger partial charge is 0.335 e. The molecule has 2 rings (SSSR count). The number of halogens is 1. The van der Waals surface area contributed by atoms with E-state index in [0.29, 0.717) is 5.92 Å². The van der Waals surface area contributed by atoms with Crippen LogP contribution in [0.2, 0.25) is 5.02 Å². The first-order valence-electron chi connectivity index (χ1n) is 6.58. The molecule has 19 heavy (non-hydrogen) atoms. The van der Waals surface area contributed by atoms with Gasteiger partial charge in [-0.1, -0.05) is 36.7 Å². The Balaban J connectivity index is 1.77. The number of hydrogen-bond donors (Lipinski definition) is 1. The molecule has 0 saturated carbocycles. The Labute approximate surface area is 119 Å². The molecule has 0 fully saturated rings.